The molecular weight excluding hydrogens is 276 g/mol. The zero-order valence-corrected chi connectivity index (χ0v) is 14.2. The van der Waals surface area contributed by atoms with Gasteiger partial charge < -0.3 is 4.74 Å². The Bertz CT molecular complexity index is 437. The summed E-state index contributed by atoms with van der Waals surface area (Å²) in [5, 5.41) is 0.949. The Morgan fingerprint density at radius 3 is 2.48 bits per heavy atom. The van der Waals surface area contributed by atoms with Gasteiger partial charge in [-0.25, -0.2) is 0 Å². The Kier molecular flexibility index (Phi) is 5.15. The third-order valence-corrected chi connectivity index (χ3v) is 7.01. The van der Waals surface area contributed by atoms with Gasteiger partial charge in [0.15, 0.2) is 0 Å². The van der Waals surface area contributed by atoms with E-state index in [4.69, 9.17) is 4.74 Å². The molecular formula is C19H28OS. The zero-order chi connectivity index (χ0) is 14.7. The minimum Gasteiger partial charge on any atom is -0.493 e. The summed E-state index contributed by atoms with van der Waals surface area (Å²) in [6.45, 7) is 5.45. The normalized spacial score (nSPS) is 28.0. The quantitative estimate of drug-likeness (QED) is 0.686. The highest BCUT2D eigenvalue weighted by molar-refractivity contribution is 8.01. The van der Waals surface area contributed by atoms with Gasteiger partial charge in [-0.3, -0.25) is 0 Å². The second-order valence-electron chi connectivity index (χ2n) is 6.70. The van der Waals surface area contributed by atoms with Crippen LogP contribution in [0.3, 0.4) is 0 Å². The second kappa shape index (κ2) is 7.09. The van der Waals surface area contributed by atoms with E-state index in [1.807, 2.05) is 0 Å². The molecule has 0 N–H and O–H groups in total. The predicted molar refractivity (Wildman–Crippen MR) is 92.3 cm³/mol. The molecule has 21 heavy (non-hydrogen) atoms. The van der Waals surface area contributed by atoms with Crippen molar-refractivity contribution in [2.24, 2.45) is 11.8 Å². The fourth-order valence-corrected chi connectivity index (χ4v) is 5.20. The number of ether oxygens (including phenoxy) is 1. The van der Waals surface area contributed by atoms with Crippen LogP contribution < -0.4 is 4.74 Å². The number of hydrogen-bond donors (Lipinski definition) is 0. The van der Waals surface area contributed by atoms with Crippen molar-refractivity contribution in [2.45, 2.75) is 57.1 Å². The van der Waals surface area contributed by atoms with E-state index in [1.54, 1.807) is 0 Å². The summed E-state index contributed by atoms with van der Waals surface area (Å²) in [5.41, 5.74) is 1.46. The van der Waals surface area contributed by atoms with Crippen molar-refractivity contribution >= 4 is 11.8 Å². The van der Waals surface area contributed by atoms with E-state index in [0.29, 0.717) is 5.92 Å². The van der Waals surface area contributed by atoms with Gasteiger partial charge in [0.2, 0.25) is 0 Å². The number of rotatable bonds is 6. The summed E-state index contributed by atoms with van der Waals surface area (Å²) in [4.78, 5) is 0. The van der Waals surface area contributed by atoms with Crippen LogP contribution in [-0.2, 0) is 0 Å². The van der Waals surface area contributed by atoms with Crippen molar-refractivity contribution in [3.63, 3.8) is 0 Å². The lowest BCUT2D eigenvalue weighted by Crippen LogP contribution is -2.38. The van der Waals surface area contributed by atoms with Gasteiger partial charge in [-0.05, 0) is 73.3 Å². The molecule has 0 spiro atoms. The summed E-state index contributed by atoms with van der Waals surface area (Å²) in [6.07, 6.45) is 6.62. The van der Waals surface area contributed by atoms with Gasteiger partial charge in [0.25, 0.3) is 0 Å². The van der Waals surface area contributed by atoms with Crippen LogP contribution in [0.4, 0.5) is 0 Å². The molecule has 1 heterocycles. The van der Waals surface area contributed by atoms with Crippen LogP contribution >= 0.6 is 11.8 Å². The first-order chi connectivity index (χ1) is 10.3. The lowest BCUT2D eigenvalue weighted by molar-refractivity contribution is 0.187. The monoisotopic (exact) mass is 304 g/mol. The van der Waals surface area contributed by atoms with E-state index in [-0.39, 0.29) is 0 Å². The summed E-state index contributed by atoms with van der Waals surface area (Å²) in [7, 11) is 0. The number of fused-ring (bicyclic) bond motifs is 1. The summed E-state index contributed by atoms with van der Waals surface area (Å²) < 4.78 is 6.05. The molecule has 3 atom stereocenters. The molecule has 2 fully saturated rings. The van der Waals surface area contributed by atoms with Gasteiger partial charge in [0, 0.05) is 5.25 Å². The molecule has 1 aliphatic carbocycles. The van der Waals surface area contributed by atoms with Gasteiger partial charge >= 0.3 is 0 Å². The third kappa shape index (κ3) is 3.59. The molecule has 1 aromatic rings. The third-order valence-electron chi connectivity index (χ3n) is 5.38. The maximum atomic E-state index is 6.05. The topological polar surface area (TPSA) is 9.23 Å². The maximum absolute atomic E-state index is 6.05. The highest BCUT2D eigenvalue weighted by atomic mass is 32.2. The van der Waals surface area contributed by atoms with Crippen molar-refractivity contribution in [2.75, 3.05) is 12.4 Å². The Morgan fingerprint density at radius 2 is 1.90 bits per heavy atom. The van der Waals surface area contributed by atoms with E-state index in [1.165, 1.54) is 43.4 Å². The molecule has 3 unspecified atom stereocenters. The summed E-state index contributed by atoms with van der Waals surface area (Å²) in [5.74, 6) is 4.97. The molecule has 1 aliphatic heterocycles. The zero-order valence-electron chi connectivity index (χ0n) is 13.4. The Balaban J connectivity index is 1.49. The van der Waals surface area contributed by atoms with Crippen LogP contribution in [0, 0.1) is 11.8 Å². The fourth-order valence-electron chi connectivity index (χ4n) is 3.76. The lowest BCUT2D eigenvalue weighted by atomic mass is 9.82. The SMILES string of the molecule is CCC(CC)c1ccc(OCC2CCC3CSC3C2)cc1. The molecule has 1 saturated heterocycles. The summed E-state index contributed by atoms with van der Waals surface area (Å²) >= 11 is 2.17. The number of hydrogen-bond acceptors (Lipinski definition) is 2. The first-order valence-electron chi connectivity index (χ1n) is 8.64. The van der Waals surface area contributed by atoms with Crippen LogP contribution in [0.25, 0.3) is 0 Å². The van der Waals surface area contributed by atoms with Gasteiger partial charge in [-0.2, -0.15) is 11.8 Å². The van der Waals surface area contributed by atoms with Crippen molar-refractivity contribution in [3.05, 3.63) is 29.8 Å². The molecule has 1 saturated carbocycles. The van der Waals surface area contributed by atoms with Crippen molar-refractivity contribution in [1.82, 2.24) is 0 Å². The van der Waals surface area contributed by atoms with E-state index in [9.17, 15) is 0 Å². The predicted octanol–water partition coefficient (Wildman–Crippen LogP) is 5.50. The maximum Gasteiger partial charge on any atom is 0.119 e. The van der Waals surface area contributed by atoms with Crippen molar-refractivity contribution < 1.29 is 4.74 Å². The van der Waals surface area contributed by atoms with E-state index >= 15 is 0 Å². The Hall–Kier alpha value is -0.630. The fraction of sp³-hybridized carbons (Fsp3) is 0.684. The van der Waals surface area contributed by atoms with Gasteiger partial charge in [-0.15, -0.1) is 0 Å². The molecule has 3 rings (SSSR count). The Morgan fingerprint density at radius 1 is 1.14 bits per heavy atom. The first-order valence-corrected chi connectivity index (χ1v) is 9.69. The standard InChI is InChI=1S/C19H28OS/c1-3-15(4-2)16-7-9-18(10-8-16)20-12-14-5-6-17-13-21-19(17)11-14/h7-10,14-15,17,19H,3-6,11-13H2,1-2H3. The largest absolute Gasteiger partial charge is 0.493 e. The molecule has 0 radical (unpaired) electrons. The number of thioether (sulfide) groups is 1. The average molecular weight is 304 g/mol. The van der Waals surface area contributed by atoms with Crippen LogP contribution in [0.2, 0.25) is 0 Å². The van der Waals surface area contributed by atoms with Crippen LogP contribution in [-0.4, -0.2) is 17.6 Å². The Labute approximate surface area is 133 Å². The van der Waals surface area contributed by atoms with Crippen molar-refractivity contribution in [3.8, 4) is 5.75 Å². The molecule has 0 bridgehead atoms. The van der Waals surface area contributed by atoms with E-state index < -0.39 is 0 Å². The minimum absolute atomic E-state index is 0.699. The number of benzene rings is 1. The van der Waals surface area contributed by atoms with E-state index in [2.05, 4.69) is 49.9 Å². The van der Waals surface area contributed by atoms with Crippen LogP contribution in [0.1, 0.15) is 57.4 Å². The van der Waals surface area contributed by atoms with Gasteiger partial charge in [0.05, 0.1) is 6.61 Å². The molecule has 1 nitrogen and oxygen atoms in total. The van der Waals surface area contributed by atoms with Crippen LogP contribution in [0.5, 0.6) is 5.75 Å². The average Bonchev–Trinajstić information content (AvgIpc) is 2.50. The minimum atomic E-state index is 0.699. The molecule has 0 amide bonds. The van der Waals surface area contributed by atoms with Crippen molar-refractivity contribution in [1.29, 1.82) is 0 Å². The molecule has 0 aromatic heterocycles. The van der Waals surface area contributed by atoms with Gasteiger partial charge in [0.1, 0.15) is 5.75 Å². The van der Waals surface area contributed by atoms with Gasteiger partial charge in [-0.1, -0.05) is 26.0 Å². The van der Waals surface area contributed by atoms with Crippen LogP contribution in [0.15, 0.2) is 24.3 Å². The second-order valence-corrected chi connectivity index (χ2v) is 7.98. The van der Waals surface area contributed by atoms with E-state index in [0.717, 1.165) is 29.4 Å². The molecule has 2 aliphatic rings. The molecule has 116 valence electrons. The smallest absolute Gasteiger partial charge is 0.119 e. The highest BCUT2D eigenvalue weighted by Gasteiger charge is 2.37. The lowest BCUT2D eigenvalue weighted by Gasteiger charge is -2.43. The highest BCUT2D eigenvalue weighted by Crippen LogP contribution is 2.46. The molecule has 2 heteroatoms. The summed E-state index contributed by atoms with van der Waals surface area (Å²) in [6, 6.07) is 8.84. The first kappa shape index (κ1) is 15.3. The molecule has 1 aromatic carbocycles.